The van der Waals surface area contributed by atoms with Crippen molar-refractivity contribution >= 4 is 5.91 Å². The smallest absolute Gasteiger partial charge is 0.255 e. The molecule has 2 aromatic rings. The summed E-state index contributed by atoms with van der Waals surface area (Å²) in [6.45, 7) is 5.54. The fourth-order valence-corrected chi connectivity index (χ4v) is 2.08. The van der Waals surface area contributed by atoms with E-state index in [-0.39, 0.29) is 11.7 Å². The summed E-state index contributed by atoms with van der Waals surface area (Å²) in [6.07, 6.45) is 0. The maximum Gasteiger partial charge on any atom is 0.255 e. The zero-order chi connectivity index (χ0) is 15.9. The minimum Gasteiger partial charge on any atom is -0.507 e. The van der Waals surface area contributed by atoms with Crippen molar-refractivity contribution in [3.63, 3.8) is 0 Å². The van der Waals surface area contributed by atoms with Gasteiger partial charge >= 0.3 is 0 Å². The molecule has 0 radical (unpaired) electrons. The Kier molecular flexibility index (Phi) is 5.55. The van der Waals surface area contributed by atoms with E-state index in [1.807, 2.05) is 38.1 Å². The lowest BCUT2D eigenvalue weighted by molar-refractivity contribution is 0.0948. The zero-order valence-corrected chi connectivity index (χ0v) is 12.9. The van der Waals surface area contributed by atoms with Gasteiger partial charge in [0.2, 0.25) is 0 Å². The fraction of sp³-hybridized carbons (Fsp3) is 0.278. The molecule has 2 rings (SSSR count). The van der Waals surface area contributed by atoms with Crippen LogP contribution in [0.25, 0.3) is 0 Å². The van der Waals surface area contributed by atoms with Gasteiger partial charge in [0, 0.05) is 13.2 Å². The molecule has 0 saturated heterocycles. The number of phenols is 1. The second kappa shape index (κ2) is 7.61. The number of phenolic OH excluding ortho intramolecular Hbond substituents is 1. The van der Waals surface area contributed by atoms with Crippen LogP contribution >= 0.6 is 0 Å². The van der Waals surface area contributed by atoms with E-state index in [1.54, 1.807) is 18.2 Å². The molecule has 116 valence electrons. The van der Waals surface area contributed by atoms with Gasteiger partial charge in [0.15, 0.2) is 0 Å². The minimum absolute atomic E-state index is 0.00422. The molecule has 0 spiro atoms. The van der Waals surface area contributed by atoms with Crippen molar-refractivity contribution in [1.82, 2.24) is 5.32 Å². The SMILES string of the molecule is CCOCc1ccc(CNC(=O)c2ccc(C)cc2O)cc1. The topological polar surface area (TPSA) is 58.6 Å². The monoisotopic (exact) mass is 299 g/mol. The van der Waals surface area contributed by atoms with Crippen LogP contribution < -0.4 is 5.32 Å². The number of carbonyl (C=O) groups excluding carboxylic acids is 1. The van der Waals surface area contributed by atoms with Crippen LogP contribution in [0, 0.1) is 6.92 Å². The highest BCUT2D eigenvalue weighted by Crippen LogP contribution is 2.18. The van der Waals surface area contributed by atoms with Crippen LogP contribution in [0.1, 0.15) is 34.0 Å². The molecule has 0 aliphatic rings. The molecule has 2 aromatic carbocycles. The summed E-state index contributed by atoms with van der Waals surface area (Å²) in [5.74, 6) is -0.277. The average molecular weight is 299 g/mol. The Morgan fingerprint density at radius 1 is 1.14 bits per heavy atom. The summed E-state index contributed by atoms with van der Waals surface area (Å²) in [4.78, 5) is 12.1. The van der Waals surface area contributed by atoms with Gasteiger partial charge in [0.25, 0.3) is 5.91 Å². The van der Waals surface area contributed by atoms with Crippen molar-refractivity contribution < 1.29 is 14.6 Å². The van der Waals surface area contributed by atoms with E-state index in [2.05, 4.69) is 5.32 Å². The Labute approximate surface area is 130 Å². The largest absolute Gasteiger partial charge is 0.507 e. The Morgan fingerprint density at radius 3 is 2.45 bits per heavy atom. The van der Waals surface area contributed by atoms with Gasteiger partial charge in [-0.15, -0.1) is 0 Å². The lowest BCUT2D eigenvalue weighted by Gasteiger charge is -2.08. The first-order valence-electron chi connectivity index (χ1n) is 7.33. The van der Waals surface area contributed by atoms with Crippen molar-refractivity contribution in [3.05, 3.63) is 64.7 Å². The van der Waals surface area contributed by atoms with Gasteiger partial charge in [-0.2, -0.15) is 0 Å². The normalized spacial score (nSPS) is 10.5. The summed E-state index contributed by atoms with van der Waals surface area (Å²) >= 11 is 0. The Balaban J connectivity index is 1.93. The Hall–Kier alpha value is -2.33. The van der Waals surface area contributed by atoms with Gasteiger partial charge < -0.3 is 15.2 Å². The van der Waals surface area contributed by atoms with Gasteiger partial charge in [-0.25, -0.2) is 0 Å². The number of benzene rings is 2. The molecule has 0 aliphatic carbocycles. The van der Waals surface area contributed by atoms with Crippen molar-refractivity contribution in [2.45, 2.75) is 27.0 Å². The molecule has 0 fully saturated rings. The lowest BCUT2D eigenvalue weighted by atomic mass is 10.1. The van der Waals surface area contributed by atoms with E-state index in [0.717, 1.165) is 16.7 Å². The maximum atomic E-state index is 12.1. The van der Waals surface area contributed by atoms with E-state index >= 15 is 0 Å². The number of rotatable bonds is 6. The second-order valence-electron chi connectivity index (χ2n) is 5.16. The number of carbonyl (C=O) groups is 1. The summed E-state index contributed by atoms with van der Waals surface area (Å²) in [5, 5.41) is 12.6. The second-order valence-corrected chi connectivity index (χ2v) is 5.16. The van der Waals surface area contributed by atoms with Crippen molar-refractivity contribution in [3.8, 4) is 5.75 Å². The molecular formula is C18H21NO3. The number of aromatic hydroxyl groups is 1. The minimum atomic E-state index is -0.282. The summed E-state index contributed by atoms with van der Waals surface area (Å²) in [7, 11) is 0. The molecule has 1 amide bonds. The standard InChI is InChI=1S/C18H21NO3/c1-3-22-12-15-7-5-14(6-8-15)11-19-18(21)16-9-4-13(2)10-17(16)20/h4-10,20H,3,11-12H2,1-2H3,(H,19,21). The van der Waals surface area contributed by atoms with E-state index in [9.17, 15) is 9.90 Å². The van der Waals surface area contributed by atoms with Crippen LogP contribution in [-0.4, -0.2) is 17.6 Å². The summed E-state index contributed by atoms with van der Waals surface area (Å²) < 4.78 is 5.34. The van der Waals surface area contributed by atoms with Crippen LogP contribution in [0.5, 0.6) is 5.75 Å². The van der Waals surface area contributed by atoms with Crippen molar-refractivity contribution in [1.29, 1.82) is 0 Å². The van der Waals surface area contributed by atoms with E-state index in [0.29, 0.717) is 25.3 Å². The Bertz CT molecular complexity index is 635. The van der Waals surface area contributed by atoms with Crippen LogP contribution in [0.4, 0.5) is 0 Å². The zero-order valence-electron chi connectivity index (χ0n) is 12.9. The van der Waals surface area contributed by atoms with E-state index in [1.165, 1.54) is 0 Å². The number of aryl methyl sites for hydroxylation is 1. The molecule has 22 heavy (non-hydrogen) atoms. The number of hydrogen-bond donors (Lipinski definition) is 2. The van der Waals surface area contributed by atoms with Gasteiger partial charge in [0.05, 0.1) is 12.2 Å². The third-order valence-electron chi connectivity index (χ3n) is 3.35. The first kappa shape index (κ1) is 16.0. The molecule has 0 bridgehead atoms. The van der Waals surface area contributed by atoms with Gasteiger partial charge in [0.1, 0.15) is 5.75 Å². The van der Waals surface area contributed by atoms with Crippen LogP contribution in [-0.2, 0) is 17.9 Å². The highest BCUT2D eigenvalue weighted by Gasteiger charge is 2.10. The number of hydrogen-bond acceptors (Lipinski definition) is 3. The van der Waals surface area contributed by atoms with Gasteiger partial charge in [-0.05, 0) is 42.7 Å². The molecule has 0 heterocycles. The predicted molar refractivity (Wildman–Crippen MR) is 85.8 cm³/mol. The van der Waals surface area contributed by atoms with Crippen molar-refractivity contribution in [2.75, 3.05) is 6.61 Å². The van der Waals surface area contributed by atoms with E-state index < -0.39 is 0 Å². The van der Waals surface area contributed by atoms with Crippen LogP contribution in [0.15, 0.2) is 42.5 Å². The fourth-order valence-electron chi connectivity index (χ4n) is 2.08. The third-order valence-corrected chi connectivity index (χ3v) is 3.35. The number of ether oxygens (including phenoxy) is 1. The summed E-state index contributed by atoms with van der Waals surface area (Å²) in [5.41, 5.74) is 3.31. The quantitative estimate of drug-likeness (QED) is 0.861. The molecule has 0 saturated carbocycles. The highest BCUT2D eigenvalue weighted by atomic mass is 16.5. The third kappa shape index (κ3) is 4.33. The van der Waals surface area contributed by atoms with Gasteiger partial charge in [-0.1, -0.05) is 30.3 Å². The summed E-state index contributed by atoms with van der Waals surface area (Å²) in [6, 6.07) is 12.9. The van der Waals surface area contributed by atoms with Crippen molar-refractivity contribution in [2.24, 2.45) is 0 Å². The van der Waals surface area contributed by atoms with E-state index in [4.69, 9.17) is 4.74 Å². The first-order chi connectivity index (χ1) is 10.6. The molecule has 0 aliphatic heterocycles. The molecule has 0 atom stereocenters. The first-order valence-corrected chi connectivity index (χ1v) is 7.33. The maximum absolute atomic E-state index is 12.1. The molecule has 2 N–H and O–H groups in total. The molecule has 4 heteroatoms. The molecule has 0 unspecified atom stereocenters. The predicted octanol–water partition coefficient (Wildman–Crippen LogP) is 3.17. The van der Waals surface area contributed by atoms with Gasteiger partial charge in [-0.3, -0.25) is 4.79 Å². The molecular weight excluding hydrogens is 278 g/mol. The molecule has 0 aromatic heterocycles. The molecule has 4 nitrogen and oxygen atoms in total. The lowest BCUT2D eigenvalue weighted by Crippen LogP contribution is -2.22. The number of nitrogens with one attached hydrogen (secondary N) is 1. The Morgan fingerprint density at radius 2 is 1.82 bits per heavy atom. The average Bonchev–Trinajstić information content (AvgIpc) is 2.51. The highest BCUT2D eigenvalue weighted by molar-refractivity contribution is 5.96. The van der Waals surface area contributed by atoms with Crippen LogP contribution in [0.3, 0.4) is 0 Å². The number of amides is 1. The van der Waals surface area contributed by atoms with Crippen LogP contribution in [0.2, 0.25) is 0 Å².